The standard InChI is InChI=1S/C17H15N3O2S/c1-10-9-23-17-14(10)16(22)19-13(20-17)8-5-11-3-6-12(7-4-11)15(21)18-2/h3-9H,1-2H3,(H,18,21)(H,19,20,22)/b8-5+. The number of thiophene rings is 1. The summed E-state index contributed by atoms with van der Waals surface area (Å²) in [6, 6.07) is 7.18. The van der Waals surface area contributed by atoms with Gasteiger partial charge < -0.3 is 10.3 Å². The molecule has 0 unspecified atom stereocenters. The largest absolute Gasteiger partial charge is 0.355 e. The van der Waals surface area contributed by atoms with E-state index in [1.54, 1.807) is 25.3 Å². The summed E-state index contributed by atoms with van der Waals surface area (Å²) in [4.78, 5) is 31.5. The first-order valence-corrected chi connectivity index (χ1v) is 7.95. The van der Waals surface area contributed by atoms with Crippen LogP contribution in [0, 0.1) is 6.92 Å². The molecule has 23 heavy (non-hydrogen) atoms. The molecule has 116 valence electrons. The smallest absolute Gasteiger partial charge is 0.260 e. The number of rotatable bonds is 3. The van der Waals surface area contributed by atoms with Crippen LogP contribution in [0.3, 0.4) is 0 Å². The van der Waals surface area contributed by atoms with Gasteiger partial charge in [-0.15, -0.1) is 11.3 Å². The van der Waals surface area contributed by atoms with Crippen LogP contribution in [0.5, 0.6) is 0 Å². The van der Waals surface area contributed by atoms with E-state index in [4.69, 9.17) is 0 Å². The molecule has 0 aliphatic carbocycles. The lowest BCUT2D eigenvalue weighted by molar-refractivity contribution is 0.0963. The summed E-state index contributed by atoms with van der Waals surface area (Å²) >= 11 is 1.46. The predicted molar refractivity (Wildman–Crippen MR) is 93.7 cm³/mol. The number of aryl methyl sites for hydroxylation is 1. The average Bonchev–Trinajstić information content (AvgIpc) is 2.94. The van der Waals surface area contributed by atoms with E-state index in [1.807, 2.05) is 30.5 Å². The molecule has 1 aromatic carbocycles. The zero-order valence-electron chi connectivity index (χ0n) is 12.7. The van der Waals surface area contributed by atoms with E-state index in [-0.39, 0.29) is 11.5 Å². The highest BCUT2D eigenvalue weighted by Gasteiger charge is 2.07. The summed E-state index contributed by atoms with van der Waals surface area (Å²) in [5.74, 6) is 0.393. The molecule has 5 nitrogen and oxygen atoms in total. The van der Waals surface area contributed by atoms with Crippen LogP contribution < -0.4 is 10.9 Å². The van der Waals surface area contributed by atoms with Gasteiger partial charge in [-0.25, -0.2) is 4.98 Å². The van der Waals surface area contributed by atoms with Gasteiger partial charge in [0.1, 0.15) is 10.7 Å². The molecule has 2 N–H and O–H groups in total. The van der Waals surface area contributed by atoms with Crippen molar-refractivity contribution in [2.45, 2.75) is 6.92 Å². The molecule has 2 heterocycles. The minimum absolute atomic E-state index is 0.120. The summed E-state index contributed by atoms with van der Waals surface area (Å²) in [6.07, 6.45) is 3.60. The monoisotopic (exact) mass is 325 g/mol. The van der Waals surface area contributed by atoms with E-state index in [0.717, 1.165) is 16.0 Å². The fraction of sp³-hybridized carbons (Fsp3) is 0.118. The minimum Gasteiger partial charge on any atom is -0.355 e. The molecular formula is C17H15N3O2S. The van der Waals surface area contributed by atoms with E-state index in [0.29, 0.717) is 16.8 Å². The number of nitrogens with zero attached hydrogens (tertiary/aromatic N) is 1. The summed E-state index contributed by atoms with van der Waals surface area (Å²) in [5.41, 5.74) is 2.34. The number of nitrogens with one attached hydrogen (secondary N) is 2. The molecule has 6 heteroatoms. The van der Waals surface area contributed by atoms with Crippen molar-refractivity contribution in [1.29, 1.82) is 0 Å². The molecule has 0 bridgehead atoms. The molecule has 0 fully saturated rings. The zero-order valence-corrected chi connectivity index (χ0v) is 13.5. The molecule has 0 spiro atoms. The molecule has 3 rings (SSSR count). The normalized spacial score (nSPS) is 11.2. The first-order valence-electron chi connectivity index (χ1n) is 7.07. The third-order valence-corrected chi connectivity index (χ3v) is 4.47. The number of hydrogen-bond donors (Lipinski definition) is 2. The van der Waals surface area contributed by atoms with Crippen molar-refractivity contribution >= 4 is 39.6 Å². The quantitative estimate of drug-likeness (QED) is 0.777. The zero-order chi connectivity index (χ0) is 16.4. The van der Waals surface area contributed by atoms with E-state index in [2.05, 4.69) is 15.3 Å². The first-order chi connectivity index (χ1) is 11.1. The lowest BCUT2D eigenvalue weighted by atomic mass is 10.1. The van der Waals surface area contributed by atoms with Crippen LogP contribution in [-0.4, -0.2) is 22.9 Å². The molecule has 0 atom stereocenters. The number of aromatic amines is 1. The highest BCUT2D eigenvalue weighted by atomic mass is 32.1. The molecule has 0 radical (unpaired) electrons. The Labute approximate surface area is 136 Å². The number of benzene rings is 1. The topological polar surface area (TPSA) is 74.8 Å². The van der Waals surface area contributed by atoms with Gasteiger partial charge in [0.25, 0.3) is 11.5 Å². The third-order valence-electron chi connectivity index (χ3n) is 3.48. The minimum atomic E-state index is -0.122. The lowest BCUT2D eigenvalue weighted by Gasteiger charge is -2.00. The predicted octanol–water partition coefficient (Wildman–Crippen LogP) is 2.82. The Hall–Kier alpha value is -2.73. The lowest BCUT2D eigenvalue weighted by Crippen LogP contribution is -2.17. The number of amides is 1. The Morgan fingerprint density at radius 3 is 2.70 bits per heavy atom. The van der Waals surface area contributed by atoms with Gasteiger partial charge >= 0.3 is 0 Å². The highest BCUT2D eigenvalue weighted by Crippen LogP contribution is 2.20. The van der Waals surface area contributed by atoms with Crippen LogP contribution in [0.1, 0.15) is 27.3 Å². The van der Waals surface area contributed by atoms with Crippen LogP contribution in [0.15, 0.2) is 34.4 Å². The van der Waals surface area contributed by atoms with Crippen LogP contribution in [-0.2, 0) is 0 Å². The maximum absolute atomic E-state index is 12.1. The summed E-state index contributed by atoms with van der Waals surface area (Å²) < 4.78 is 0. The second-order valence-electron chi connectivity index (χ2n) is 5.08. The maximum Gasteiger partial charge on any atom is 0.260 e. The van der Waals surface area contributed by atoms with Gasteiger partial charge in [-0.3, -0.25) is 9.59 Å². The van der Waals surface area contributed by atoms with Crippen molar-refractivity contribution in [2.75, 3.05) is 7.05 Å². The maximum atomic E-state index is 12.1. The number of fused-ring (bicyclic) bond motifs is 1. The van der Waals surface area contributed by atoms with Gasteiger partial charge in [0.15, 0.2) is 0 Å². The van der Waals surface area contributed by atoms with Gasteiger partial charge in [-0.05, 0) is 41.6 Å². The molecular weight excluding hydrogens is 310 g/mol. The Morgan fingerprint density at radius 2 is 2.00 bits per heavy atom. The van der Waals surface area contributed by atoms with Crippen molar-refractivity contribution in [3.05, 3.63) is 62.5 Å². The van der Waals surface area contributed by atoms with Gasteiger partial charge in [0.05, 0.1) is 5.39 Å². The van der Waals surface area contributed by atoms with Crippen LogP contribution in [0.4, 0.5) is 0 Å². The van der Waals surface area contributed by atoms with Crippen molar-refractivity contribution in [3.8, 4) is 0 Å². The second-order valence-corrected chi connectivity index (χ2v) is 5.94. The van der Waals surface area contributed by atoms with E-state index >= 15 is 0 Å². The van der Waals surface area contributed by atoms with E-state index in [9.17, 15) is 9.59 Å². The highest BCUT2D eigenvalue weighted by molar-refractivity contribution is 7.16. The number of aromatic nitrogens is 2. The Bertz CT molecular complexity index is 952. The number of carbonyl (C=O) groups is 1. The summed E-state index contributed by atoms with van der Waals surface area (Å²) in [6.45, 7) is 1.90. The van der Waals surface area contributed by atoms with E-state index in [1.165, 1.54) is 11.3 Å². The van der Waals surface area contributed by atoms with Gasteiger partial charge in [0.2, 0.25) is 0 Å². The Balaban J connectivity index is 1.88. The SMILES string of the molecule is CNC(=O)c1ccc(/C=C/c2nc3scc(C)c3c(=O)[nH]2)cc1. The van der Waals surface area contributed by atoms with Gasteiger partial charge in [0, 0.05) is 12.6 Å². The van der Waals surface area contributed by atoms with Crippen molar-refractivity contribution < 1.29 is 4.79 Å². The Kier molecular flexibility index (Phi) is 4.08. The molecule has 0 aliphatic heterocycles. The van der Waals surface area contributed by atoms with Crippen LogP contribution in [0.2, 0.25) is 0 Å². The molecule has 0 aliphatic rings. The van der Waals surface area contributed by atoms with Crippen molar-refractivity contribution in [3.63, 3.8) is 0 Å². The molecule has 3 aromatic rings. The fourth-order valence-electron chi connectivity index (χ4n) is 2.25. The van der Waals surface area contributed by atoms with Crippen molar-refractivity contribution in [2.24, 2.45) is 0 Å². The molecule has 0 saturated heterocycles. The summed E-state index contributed by atoms with van der Waals surface area (Å²) in [7, 11) is 1.60. The van der Waals surface area contributed by atoms with Gasteiger partial charge in [-0.1, -0.05) is 18.2 Å². The van der Waals surface area contributed by atoms with Crippen LogP contribution in [0.25, 0.3) is 22.4 Å². The Morgan fingerprint density at radius 1 is 1.26 bits per heavy atom. The molecule has 1 amide bonds. The molecule has 0 saturated carbocycles. The number of carbonyl (C=O) groups excluding carboxylic acids is 1. The number of H-pyrrole nitrogens is 1. The average molecular weight is 325 g/mol. The first kappa shape index (κ1) is 15.2. The second kappa shape index (κ2) is 6.18. The summed E-state index contributed by atoms with van der Waals surface area (Å²) in [5, 5.41) is 5.16. The third kappa shape index (κ3) is 3.07. The molecule has 2 aromatic heterocycles. The van der Waals surface area contributed by atoms with Crippen molar-refractivity contribution in [1.82, 2.24) is 15.3 Å². The number of hydrogen-bond acceptors (Lipinski definition) is 4. The van der Waals surface area contributed by atoms with E-state index < -0.39 is 0 Å². The fourth-order valence-corrected chi connectivity index (χ4v) is 3.18. The van der Waals surface area contributed by atoms with Crippen LogP contribution >= 0.6 is 11.3 Å². The van der Waals surface area contributed by atoms with Gasteiger partial charge in [-0.2, -0.15) is 0 Å².